The summed E-state index contributed by atoms with van der Waals surface area (Å²) < 4.78 is 1.90. The second-order valence-electron chi connectivity index (χ2n) is 4.74. The lowest BCUT2D eigenvalue weighted by Gasteiger charge is -2.14. The van der Waals surface area contributed by atoms with Gasteiger partial charge in [0.2, 0.25) is 0 Å². The molecule has 0 spiro atoms. The highest BCUT2D eigenvalue weighted by Crippen LogP contribution is 2.17. The molecule has 96 valence electrons. The zero-order chi connectivity index (χ0) is 12.1. The SMILES string of the molecule is CCCCn1nnnc1CN1CCC(CO)C1. The number of aromatic nitrogens is 4. The van der Waals surface area contributed by atoms with E-state index in [1.165, 1.54) is 0 Å². The van der Waals surface area contributed by atoms with E-state index in [0.29, 0.717) is 5.92 Å². The zero-order valence-electron chi connectivity index (χ0n) is 10.4. The monoisotopic (exact) mass is 239 g/mol. The predicted molar refractivity (Wildman–Crippen MR) is 63.2 cm³/mol. The van der Waals surface area contributed by atoms with E-state index in [2.05, 4.69) is 27.3 Å². The number of tetrazole rings is 1. The summed E-state index contributed by atoms with van der Waals surface area (Å²) in [6, 6.07) is 0. The number of aliphatic hydroxyl groups excluding tert-OH is 1. The van der Waals surface area contributed by atoms with Gasteiger partial charge in [0.05, 0.1) is 6.54 Å². The first kappa shape index (κ1) is 12.4. The third-order valence-corrected chi connectivity index (χ3v) is 3.32. The van der Waals surface area contributed by atoms with Crippen LogP contribution in [0.25, 0.3) is 0 Å². The minimum atomic E-state index is 0.289. The van der Waals surface area contributed by atoms with Gasteiger partial charge in [-0.25, -0.2) is 4.68 Å². The Labute approximate surface area is 102 Å². The molecule has 0 aromatic carbocycles. The molecule has 2 rings (SSSR count). The lowest BCUT2D eigenvalue weighted by Crippen LogP contribution is -2.23. The quantitative estimate of drug-likeness (QED) is 0.772. The summed E-state index contributed by atoms with van der Waals surface area (Å²) in [5.74, 6) is 1.37. The van der Waals surface area contributed by atoms with E-state index in [1.807, 2.05) is 4.68 Å². The van der Waals surface area contributed by atoms with Crippen molar-refractivity contribution in [1.82, 2.24) is 25.1 Å². The van der Waals surface area contributed by atoms with Gasteiger partial charge in [0.25, 0.3) is 0 Å². The Kier molecular flexibility index (Phi) is 4.44. The van der Waals surface area contributed by atoms with Crippen LogP contribution in [-0.4, -0.2) is 49.9 Å². The van der Waals surface area contributed by atoms with Crippen LogP contribution in [0.3, 0.4) is 0 Å². The molecule has 1 unspecified atom stereocenters. The number of hydrogen-bond donors (Lipinski definition) is 1. The summed E-state index contributed by atoms with van der Waals surface area (Å²) in [5, 5.41) is 20.9. The molecular formula is C11H21N5O. The summed E-state index contributed by atoms with van der Waals surface area (Å²) in [6.45, 7) is 6.14. The molecule has 0 aliphatic carbocycles. The van der Waals surface area contributed by atoms with Crippen LogP contribution < -0.4 is 0 Å². The first-order valence-electron chi connectivity index (χ1n) is 6.41. The van der Waals surface area contributed by atoms with E-state index < -0.39 is 0 Å². The standard InChI is InChI=1S/C11H21N5O/c1-2-3-5-16-11(12-13-14-16)8-15-6-4-10(7-15)9-17/h10,17H,2-9H2,1H3. The maximum Gasteiger partial charge on any atom is 0.165 e. The number of hydrogen-bond acceptors (Lipinski definition) is 5. The molecule has 0 saturated carbocycles. The van der Waals surface area contributed by atoms with Gasteiger partial charge in [-0.15, -0.1) is 5.10 Å². The van der Waals surface area contributed by atoms with E-state index >= 15 is 0 Å². The molecular weight excluding hydrogens is 218 g/mol. The van der Waals surface area contributed by atoms with Crippen LogP contribution in [0.4, 0.5) is 0 Å². The lowest BCUT2D eigenvalue weighted by molar-refractivity contribution is 0.218. The van der Waals surface area contributed by atoms with Crippen molar-refractivity contribution >= 4 is 0 Å². The fraction of sp³-hybridized carbons (Fsp3) is 0.909. The molecule has 1 aliphatic heterocycles. The average Bonchev–Trinajstić information content (AvgIpc) is 2.96. The maximum atomic E-state index is 9.11. The first-order chi connectivity index (χ1) is 8.33. The minimum Gasteiger partial charge on any atom is -0.396 e. The van der Waals surface area contributed by atoms with Crippen molar-refractivity contribution in [2.45, 2.75) is 39.3 Å². The molecule has 1 atom stereocenters. The van der Waals surface area contributed by atoms with E-state index in [1.54, 1.807) is 0 Å². The number of likely N-dealkylation sites (tertiary alicyclic amines) is 1. The summed E-state index contributed by atoms with van der Waals surface area (Å²) in [5.41, 5.74) is 0. The normalized spacial score (nSPS) is 21.2. The predicted octanol–water partition coefficient (Wildman–Crippen LogP) is 0.287. The van der Waals surface area contributed by atoms with Crippen molar-refractivity contribution in [2.75, 3.05) is 19.7 Å². The Hall–Kier alpha value is -1.01. The largest absolute Gasteiger partial charge is 0.396 e. The summed E-state index contributed by atoms with van der Waals surface area (Å²) in [7, 11) is 0. The zero-order valence-corrected chi connectivity index (χ0v) is 10.4. The third-order valence-electron chi connectivity index (χ3n) is 3.32. The molecule has 0 bridgehead atoms. The van der Waals surface area contributed by atoms with Gasteiger partial charge in [-0.3, -0.25) is 4.90 Å². The number of rotatable bonds is 6. The smallest absolute Gasteiger partial charge is 0.165 e. The van der Waals surface area contributed by atoms with Crippen LogP contribution >= 0.6 is 0 Å². The highest BCUT2D eigenvalue weighted by molar-refractivity contribution is 4.84. The van der Waals surface area contributed by atoms with Crippen molar-refractivity contribution in [3.8, 4) is 0 Å². The molecule has 2 heterocycles. The van der Waals surface area contributed by atoms with Crippen molar-refractivity contribution < 1.29 is 5.11 Å². The first-order valence-corrected chi connectivity index (χ1v) is 6.41. The third kappa shape index (κ3) is 3.23. The van der Waals surface area contributed by atoms with Gasteiger partial charge in [0.1, 0.15) is 0 Å². The fourth-order valence-corrected chi connectivity index (χ4v) is 2.22. The van der Waals surface area contributed by atoms with E-state index in [0.717, 1.165) is 51.3 Å². The Bertz CT molecular complexity index is 340. The van der Waals surface area contributed by atoms with E-state index in [-0.39, 0.29) is 6.61 Å². The van der Waals surface area contributed by atoms with E-state index in [4.69, 9.17) is 5.11 Å². The molecule has 1 aliphatic rings. The molecule has 6 heteroatoms. The average molecular weight is 239 g/mol. The molecule has 0 radical (unpaired) electrons. The van der Waals surface area contributed by atoms with Crippen molar-refractivity contribution in [1.29, 1.82) is 0 Å². The second-order valence-corrected chi connectivity index (χ2v) is 4.74. The van der Waals surface area contributed by atoms with Crippen LogP contribution in [0, 0.1) is 5.92 Å². The van der Waals surface area contributed by atoms with Crippen LogP contribution in [0.5, 0.6) is 0 Å². The molecule has 1 fully saturated rings. The molecule has 1 N–H and O–H groups in total. The molecule has 0 amide bonds. The summed E-state index contributed by atoms with van der Waals surface area (Å²) in [4.78, 5) is 2.31. The van der Waals surface area contributed by atoms with E-state index in [9.17, 15) is 0 Å². The van der Waals surface area contributed by atoms with Gasteiger partial charge < -0.3 is 5.11 Å². The Morgan fingerprint density at radius 1 is 1.47 bits per heavy atom. The highest BCUT2D eigenvalue weighted by atomic mass is 16.3. The van der Waals surface area contributed by atoms with Gasteiger partial charge in [-0.05, 0) is 35.7 Å². The minimum absolute atomic E-state index is 0.289. The van der Waals surface area contributed by atoms with Gasteiger partial charge in [-0.1, -0.05) is 13.3 Å². The highest BCUT2D eigenvalue weighted by Gasteiger charge is 2.23. The van der Waals surface area contributed by atoms with Crippen LogP contribution in [-0.2, 0) is 13.1 Å². The second kappa shape index (κ2) is 6.07. The summed E-state index contributed by atoms with van der Waals surface area (Å²) >= 11 is 0. The van der Waals surface area contributed by atoms with Crippen LogP contribution in [0.1, 0.15) is 32.0 Å². The van der Waals surface area contributed by atoms with Crippen LogP contribution in [0.2, 0.25) is 0 Å². The van der Waals surface area contributed by atoms with Gasteiger partial charge in [0.15, 0.2) is 5.82 Å². The summed E-state index contributed by atoms with van der Waals surface area (Å²) in [6.07, 6.45) is 3.33. The van der Waals surface area contributed by atoms with Crippen LogP contribution in [0.15, 0.2) is 0 Å². The molecule has 1 aromatic rings. The number of aryl methyl sites for hydroxylation is 1. The van der Waals surface area contributed by atoms with Crippen molar-refractivity contribution in [3.63, 3.8) is 0 Å². The number of nitrogens with zero attached hydrogens (tertiary/aromatic N) is 5. The number of unbranched alkanes of at least 4 members (excludes halogenated alkanes) is 1. The fourth-order valence-electron chi connectivity index (χ4n) is 2.22. The molecule has 1 aromatic heterocycles. The Balaban J connectivity index is 1.88. The topological polar surface area (TPSA) is 67.1 Å². The number of aliphatic hydroxyl groups is 1. The van der Waals surface area contributed by atoms with Gasteiger partial charge in [-0.2, -0.15) is 0 Å². The molecule has 6 nitrogen and oxygen atoms in total. The lowest BCUT2D eigenvalue weighted by atomic mass is 10.1. The van der Waals surface area contributed by atoms with Crippen molar-refractivity contribution in [2.24, 2.45) is 5.92 Å². The van der Waals surface area contributed by atoms with Gasteiger partial charge in [0, 0.05) is 19.7 Å². The Morgan fingerprint density at radius 2 is 2.35 bits per heavy atom. The molecule has 1 saturated heterocycles. The van der Waals surface area contributed by atoms with Crippen molar-refractivity contribution in [3.05, 3.63) is 5.82 Å². The molecule has 17 heavy (non-hydrogen) atoms. The van der Waals surface area contributed by atoms with Gasteiger partial charge >= 0.3 is 0 Å². The Morgan fingerprint density at radius 3 is 3.06 bits per heavy atom. The maximum absolute atomic E-state index is 9.11.